The highest BCUT2D eigenvalue weighted by Gasteiger charge is 2.71. The van der Waals surface area contributed by atoms with E-state index < -0.39 is 0 Å². The molecule has 4 aliphatic carbocycles. The number of fused-ring (bicyclic) bond motifs is 5. The summed E-state index contributed by atoms with van der Waals surface area (Å²) in [6.45, 7) is 12.4. The molecule has 2 heteroatoms. The highest BCUT2D eigenvalue weighted by Crippen LogP contribution is 2.77. The lowest BCUT2D eigenvalue weighted by molar-refractivity contribution is -0.0308. The Morgan fingerprint density at radius 1 is 1.21 bits per heavy atom. The molecule has 24 heavy (non-hydrogen) atoms. The Labute approximate surface area is 147 Å². The monoisotopic (exact) mass is 330 g/mol. The minimum atomic E-state index is 0.242. The third-order valence-electron chi connectivity index (χ3n) is 8.53. The molecule has 0 aromatic heterocycles. The van der Waals surface area contributed by atoms with E-state index in [1.54, 1.807) is 5.57 Å². The van der Waals surface area contributed by atoms with E-state index in [1.165, 1.54) is 24.8 Å². The molecule has 134 valence electrons. The highest BCUT2D eigenvalue weighted by atomic mass is 16.3. The lowest BCUT2D eigenvalue weighted by Crippen LogP contribution is -2.50. The number of aliphatic hydroxyl groups excluding tert-OH is 2. The third-order valence-corrected chi connectivity index (χ3v) is 8.53. The first-order valence-corrected chi connectivity index (χ1v) is 9.99. The van der Waals surface area contributed by atoms with Crippen molar-refractivity contribution in [3.8, 4) is 0 Å². The van der Waals surface area contributed by atoms with E-state index in [9.17, 15) is 10.2 Å². The van der Waals surface area contributed by atoms with Gasteiger partial charge in [-0.25, -0.2) is 0 Å². The van der Waals surface area contributed by atoms with Gasteiger partial charge in [0.05, 0.1) is 0 Å². The fourth-order valence-electron chi connectivity index (χ4n) is 7.65. The molecule has 0 spiro atoms. The van der Waals surface area contributed by atoms with Gasteiger partial charge in [0.2, 0.25) is 0 Å². The maximum absolute atomic E-state index is 9.97. The SMILES string of the molecule is C=C1C=C2C(CCO)CC3C(CO)CCCC3C2(C)C2C1C2(C)C. The van der Waals surface area contributed by atoms with Crippen molar-refractivity contribution < 1.29 is 10.2 Å². The molecule has 0 aromatic rings. The molecular formula is C22H34O2. The van der Waals surface area contributed by atoms with Crippen molar-refractivity contribution in [3.63, 3.8) is 0 Å². The second kappa shape index (κ2) is 5.45. The first-order chi connectivity index (χ1) is 11.4. The maximum Gasteiger partial charge on any atom is 0.0462 e. The molecule has 7 atom stereocenters. The Morgan fingerprint density at radius 2 is 1.96 bits per heavy atom. The van der Waals surface area contributed by atoms with Gasteiger partial charge in [0, 0.05) is 13.2 Å². The minimum absolute atomic E-state index is 0.242. The fraction of sp³-hybridized carbons (Fsp3) is 0.818. The summed E-state index contributed by atoms with van der Waals surface area (Å²) in [6, 6.07) is 0. The molecule has 0 aromatic carbocycles. The van der Waals surface area contributed by atoms with Gasteiger partial charge in [-0.15, -0.1) is 0 Å². The normalized spacial score (nSPS) is 48.9. The summed E-state index contributed by atoms with van der Waals surface area (Å²) in [6.07, 6.45) is 8.21. The molecular weight excluding hydrogens is 296 g/mol. The molecule has 0 amide bonds. The van der Waals surface area contributed by atoms with E-state index in [-0.39, 0.29) is 12.0 Å². The lowest BCUT2D eigenvalue weighted by atomic mass is 9.47. The van der Waals surface area contributed by atoms with Crippen molar-refractivity contribution >= 4 is 0 Å². The summed E-state index contributed by atoms with van der Waals surface area (Å²) < 4.78 is 0. The average Bonchev–Trinajstić information content (AvgIpc) is 3.14. The van der Waals surface area contributed by atoms with Gasteiger partial charge in [-0.05, 0) is 72.0 Å². The van der Waals surface area contributed by atoms with Gasteiger partial charge < -0.3 is 10.2 Å². The van der Waals surface area contributed by atoms with Gasteiger partial charge in [-0.2, -0.15) is 0 Å². The summed E-state index contributed by atoms with van der Waals surface area (Å²) in [7, 11) is 0. The van der Waals surface area contributed by atoms with Gasteiger partial charge in [0.25, 0.3) is 0 Å². The molecule has 0 saturated heterocycles. The molecule has 3 fully saturated rings. The summed E-state index contributed by atoms with van der Waals surface area (Å²) in [5.41, 5.74) is 3.51. The Morgan fingerprint density at radius 3 is 2.62 bits per heavy atom. The van der Waals surface area contributed by atoms with E-state index in [4.69, 9.17) is 0 Å². The van der Waals surface area contributed by atoms with E-state index in [2.05, 4.69) is 33.4 Å². The van der Waals surface area contributed by atoms with Crippen LogP contribution in [0.15, 0.2) is 23.8 Å². The number of hydrogen-bond acceptors (Lipinski definition) is 2. The van der Waals surface area contributed by atoms with Gasteiger partial charge in [0.1, 0.15) is 0 Å². The van der Waals surface area contributed by atoms with Gasteiger partial charge >= 0.3 is 0 Å². The molecule has 2 N–H and O–H groups in total. The van der Waals surface area contributed by atoms with Crippen LogP contribution in [0.25, 0.3) is 0 Å². The van der Waals surface area contributed by atoms with Gasteiger partial charge in [-0.3, -0.25) is 0 Å². The predicted molar refractivity (Wildman–Crippen MR) is 97.3 cm³/mol. The zero-order valence-electron chi connectivity index (χ0n) is 15.6. The van der Waals surface area contributed by atoms with Crippen LogP contribution >= 0.6 is 0 Å². The van der Waals surface area contributed by atoms with Crippen molar-refractivity contribution in [2.75, 3.05) is 13.2 Å². The van der Waals surface area contributed by atoms with Crippen LogP contribution in [0.4, 0.5) is 0 Å². The van der Waals surface area contributed by atoms with Crippen LogP contribution < -0.4 is 0 Å². The smallest absolute Gasteiger partial charge is 0.0462 e. The molecule has 0 bridgehead atoms. The summed E-state index contributed by atoms with van der Waals surface area (Å²) in [5, 5.41) is 19.6. The molecule has 4 aliphatic rings. The molecule has 0 aliphatic heterocycles. The molecule has 3 saturated carbocycles. The van der Waals surface area contributed by atoms with Crippen molar-refractivity contribution in [2.24, 2.45) is 46.3 Å². The van der Waals surface area contributed by atoms with Crippen molar-refractivity contribution in [1.82, 2.24) is 0 Å². The molecule has 7 unspecified atom stereocenters. The average molecular weight is 331 g/mol. The van der Waals surface area contributed by atoms with Gasteiger partial charge in [-0.1, -0.05) is 51.0 Å². The largest absolute Gasteiger partial charge is 0.396 e. The molecule has 4 rings (SSSR count). The Hall–Kier alpha value is -0.600. The lowest BCUT2D eigenvalue weighted by Gasteiger charge is -2.57. The van der Waals surface area contributed by atoms with E-state index >= 15 is 0 Å². The van der Waals surface area contributed by atoms with E-state index in [1.807, 2.05) is 0 Å². The quantitative estimate of drug-likeness (QED) is 0.814. The zero-order valence-corrected chi connectivity index (χ0v) is 15.6. The molecule has 0 radical (unpaired) electrons. The summed E-state index contributed by atoms with van der Waals surface area (Å²) in [4.78, 5) is 0. The number of rotatable bonds is 3. The van der Waals surface area contributed by atoms with Crippen molar-refractivity contribution in [2.45, 2.75) is 52.9 Å². The van der Waals surface area contributed by atoms with Crippen LogP contribution in [-0.4, -0.2) is 23.4 Å². The van der Waals surface area contributed by atoms with Crippen LogP contribution in [0.3, 0.4) is 0 Å². The predicted octanol–water partition coefficient (Wildman–Crippen LogP) is 4.19. The summed E-state index contributed by atoms with van der Waals surface area (Å²) >= 11 is 0. The number of aliphatic hydroxyl groups is 2. The van der Waals surface area contributed by atoms with Crippen LogP contribution in [0, 0.1) is 46.3 Å². The van der Waals surface area contributed by atoms with Crippen molar-refractivity contribution in [1.29, 1.82) is 0 Å². The van der Waals surface area contributed by atoms with Crippen LogP contribution in [0.1, 0.15) is 52.9 Å². The first kappa shape index (κ1) is 16.8. The Bertz CT molecular complexity index is 575. The van der Waals surface area contributed by atoms with Gasteiger partial charge in [0.15, 0.2) is 0 Å². The van der Waals surface area contributed by atoms with Crippen LogP contribution in [0.2, 0.25) is 0 Å². The van der Waals surface area contributed by atoms with Crippen LogP contribution in [-0.2, 0) is 0 Å². The number of hydrogen-bond donors (Lipinski definition) is 2. The maximum atomic E-state index is 9.97. The second-order valence-electron chi connectivity index (χ2n) is 9.82. The first-order valence-electron chi connectivity index (χ1n) is 9.99. The fourth-order valence-corrected chi connectivity index (χ4v) is 7.65. The topological polar surface area (TPSA) is 40.5 Å². The molecule has 0 heterocycles. The van der Waals surface area contributed by atoms with Crippen molar-refractivity contribution in [3.05, 3.63) is 23.8 Å². The van der Waals surface area contributed by atoms with Crippen LogP contribution in [0.5, 0.6) is 0 Å². The Kier molecular flexibility index (Phi) is 3.82. The Balaban J connectivity index is 1.80. The zero-order chi connectivity index (χ0) is 17.3. The second-order valence-corrected chi connectivity index (χ2v) is 9.82. The molecule has 2 nitrogen and oxygen atoms in total. The third kappa shape index (κ3) is 2.02. The number of allylic oxidation sites excluding steroid dienone is 3. The van der Waals surface area contributed by atoms with E-state index in [0.29, 0.717) is 47.5 Å². The van der Waals surface area contributed by atoms with E-state index in [0.717, 1.165) is 12.8 Å². The minimum Gasteiger partial charge on any atom is -0.396 e. The highest BCUT2D eigenvalue weighted by molar-refractivity contribution is 5.46. The standard InChI is InChI=1S/C22H34O2/c1-13-10-18-14(8-9-23)11-16-15(12-24)6-5-7-17(16)22(18,4)20-19(13)21(20,2)3/h10,14-17,19-20,23-24H,1,5-9,11-12H2,2-4H3. The summed E-state index contributed by atoms with van der Waals surface area (Å²) in [5.74, 6) is 3.60.